The number of aromatic nitrogens is 4. The van der Waals surface area contributed by atoms with Crippen molar-refractivity contribution >= 4 is 23.0 Å². The number of anilines is 1. The average molecular weight is 264 g/mol. The van der Waals surface area contributed by atoms with Crippen LogP contribution >= 0.6 is 0 Å². The molecule has 0 bridgehead atoms. The van der Waals surface area contributed by atoms with Crippen LogP contribution in [0.5, 0.6) is 0 Å². The van der Waals surface area contributed by atoms with E-state index in [1.54, 1.807) is 23.7 Å². The first kappa shape index (κ1) is 13.4. The summed E-state index contributed by atoms with van der Waals surface area (Å²) in [5.74, 6) is 0.503. The van der Waals surface area contributed by atoms with Crippen LogP contribution in [0, 0.1) is 0 Å². The van der Waals surface area contributed by atoms with Gasteiger partial charge in [-0.3, -0.25) is 14.0 Å². The summed E-state index contributed by atoms with van der Waals surface area (Å²) in [6.07, 6.45) is 1.21. The van der Waals surface area contributed by atoms with Crippen LogP contribution < -0.4 is 5.73 Å². The zero-order valence-electron chi connectivity index (χ0n) is 11.8. The molecule has 1 amide bonds. The molecule has 2 aromatic heterocycles. The molecule has 19 heavy (non-hydrogen) atoms. The molecule has 0 aliphatic carbocycles. The molecule has 0 aliphatic heterocycles. The van der Waals surface area contributed by atoms with Gasteiger partial charge in [0.05, 0.1) is 5.69 Å². The van der Waals surface area contributed by atoms with E-state index in [0.717, 1.165) is 23.3 Å². The smallest absolute Gasteiger partial charge is 0.223 e. The van der Waals surface area contributed by atoms with Crippen molar-refractivity contribution in [2.75, 3.05) is 19.8 Å². The summed E-state index contributed by atoms with van der Waals surface area (Å²) in [7, 11) is 5.36. The molecule has 0 spiro atoms. The number of aryl methyl sites for hydroxylation is 3. The normalized spacial score (nSPS) is 11.2. The summed E-state index contributed by atoms with van der Waals surface area (Å²) in [5.41, 5.74) is 8.58. The van der Waals surface area contributed by atoms with Gasteiger partial charge in [-0.15, -0.1) is 0 Å². The molecular weight excluding hydrogens is 244 g/mol. The number of nitrogens with zero attached hydrogens (tertiary/aromatic N) is 5. The molecule has 0 unspecified atom stereocenters. The van der Waals surface area contributed by atoms with E-state index in [9.17, 15) is 4.79 Å². The van der Waals surface area contributed by atoms with E-state index in [1.165, 1.54) is 0 Å². The third-order valence-electron chi connectivity index (χ3n) is 3.20. The van der Waals surface area contributed by atoms with Crippen LogP contribution in [0.15, 0.2) is 0 Å². The molecule has 0 saturated carbocycles. The quantitative estimate of drug-likeness (QED) is 0.866. The Labute approximate surface area is 112 Å². The van der Waals surface area contributed by atoms with Gasteiger partial charge in [0.25, 0.3) is 0 Å². The zero-order chi connectivity index (χ0) is 14.2. The number of nitrogens with two attached hydrogens (primary N) is 1. The molecule has 0 fully saturated rings. The Hall–Kier alpha value is -2.05. The Kier molecular flexibility index (Phi) is 3.46. The number of fused-ring (bicyclic) bond motifs is 1. The molecule has 2 heterocycles. The van der Waals surface area contributed by atoms with E-state index >= 15 is 0 Å². The van der Waals surface area contributed by atoms with Crippen LogP contribution in [-0.2, 0) is 24.8 Å². The predicted molar refractivity (Wildman–Crippen MR) is 73.6 cm³/mol. The number of carbonyl (C=O) groups excluding carboxylic acids is 1. The number of hydrogen-bond acceptors (Lipinski definition) is 4. The second-order valence-corrected chi connectivity index (χ2v) is 4.76. The monoisotopic (exact) mass is 264 g/mol. The maximum Gasteiger partial charge on any atom is 0.223 e. The van der Waals surface area contributed by atoms with Gasteiger partial charge in [-0.1, -0.05) is 6.92 Å². The van der Waals surface area contributed by atoms with Crippen LogP contribution in [0.1, 0.15) is 19.0 Å². The minimum Gasteiger partial charge on any atom is -0.369 e. The molecule has 0 saturated heterocycles. The summed E-state index contributed by atoms with van der Waals surface area (Å²) in [6, 6.07) is 0. The molecule has 0 radical (unpaired) electrons. The number of hydrogen-bond donors (Lipinski definition) is 1. The topological polar surface area (TPSA) is 82.0 Å². The summed E-state index contributed by atoms with van der Waals surface area (Å²) >= 11 is 0. The van der Waals surface area contributed by atoms with Crippen LogP contribution in [0.4, 0.5) is 5.95 Å². The van der Waals surface area contributed by atoms with Gasteiger partial charge in [-0.2, -0.15) is 5.10 Å². The zero-order valence-corrected chi connectivity index (χ0v) is 11.8. The van der Waals surface area contributed by atoms with Gasteiger partial charge in [-0.05, 0) is 6.42 Å². The van der Waals surface area contributed by atoms with E-state index in [-0.39, 0.29) is 5.91 Å². The second kappa shape index (κ2) is 4.91. The summed E-state index contributed by atoms with van der Waals surface area (Å²) in [6.45, 7) is 2.55. The number of nitrogen functional groups attached to an aromatic ring is 1. The largest absolute Gasteiger partial charge is 0.369 e. The van der Waals surface area contributed by atoms with Crippen LogP contribution in [0.3, 0.4) is 0 Å². The number of rotatable bonds is 4. The molecule has 7 heteroatoms. The first-order chi connectivity index (χ1) is 8.95. The second-order valence-electron chi connectivity index (χ2n) is 4.76. The number of carbonyl (C=O) groups is 1. The number of imidazole rings is 1. The molecule has 0 aliphatic rings. The molecule has 7 nitrogen and oxygen atoms in total. The SMILES string of the molecule is CCc1nn(C)c2c1nc(N)n2CCC(=O)N(C)C. The first-order valence-corrected chi connectivity index (χ1v) is 6.33. The standard InChI is InChI=1S/C12H20N6O/c1-5-8-10-11(17(4)15-8)18(12(13)14-10)7-6-9(19)16(2)3/h5-7H2,1-4H3,(H2,13,14). The minimum absolute atomic E-state index is 0.0686. The highest BCUT2D eigenvalue weighted by molar-refractivity contribution is 5.79. The van der Waals surface area contributed by atoms with Crippen molar-refractivity contribution in [2.24, 2.45) is 7.05 Å². The molecule has 0 atom stereocenters. The van der Waals surface area contributed by atoms with Crippen molar-refractivity contribution in [3.05, 3.63) is 5.69 Å². The van der Waals surface area contributed by atoms with Crippen molar-refractivity contribution < 1.29 is 4.79 Å². The van der Waals surface area contributed by atoms with Gasteiger partial charge < -0.3 is 10.6 Å². The van der Waals surface area contributed by atoms with E-state index in [2.05, 4.69) is 10.1 Å². The molecule has 104 valence electrons. The molecular formula is C12H20N6O. The molecule has 2 rings (SSSR count). The van der Waals surface area contributed by atoms with E-state index < -0.39 is 0 Å². The predicted octanol–water partition coefficient (Wildman–Crippen LogP) is 0.393. The number of amides is 1. The van der Waals surface area contributed by atoms with Crippen molar-refractivity contribution in [1.82, 2.24) is 24.2 Å². The minimum atomic E-state index is 0.0686. The summed E-state index contributed by atoms with van der Waals surface area (Å²) in [4.78, 5) is 17.6. The van der Waals surface area contributed by atoms with Crippen LogP contribution in [0.2, 0.25) is 0 Å². The first-order valence-electron chi connectivity index (χ1n) is 6.33. The highest BCUT2D eigenvalue weighted by Gasteiger charge is 2.17. The molecule has 2 N–H and O–H groups in total. The Bertz CT molecular complexity index is 609. The fourth-order valence-corrected chi connectivity index (χ4v) is 2.15. The highest BCUT2D eigenvalue weighted by Crippen LogP contribution is 2.21. The fraction of sp³-hybridized carbons (Fsp3) is 0.583. The highest BCUT2D eigenvalue weighted by atomic mass is 16.2. The lowest BCUT2D eigenvalue weighted by atomic mass is 10.3. The van der Waals surface area contributed by atoms with Gasteiger partial charge in [0.1, 0.15) is 5.52 Å². The average Bonchev–Trinajstić information content (AvgIpc) is 2.84. The molecule has 0 aromatic carbocycles. The summed E-state index contributed by atoms with van der Waals surface area (Å²) in [5, 5.41) is 4.41. The van der Waals surface area contributed by atoms with Gasteiger partial charge in [0, 0.05) is 34.1 Å². The maximum atomic E-state index is 11.7. The Balaban J connectivity index is 2.35. The van der Waals surface area contributed by atoms with E-state index in [4.69, 9.17) is 5.73 Å². The Morgan fingerprint density at radius 3 is 2.68 bits per heavy atom. The lowest BCUT2D eigenvalue weighted by Gasteiger charge is -2.11. The Morgan fingerprint density at radius 1 is 1.42 bits per heavy atom. The van der Waals surface area contributed by atoms with Crippen molar-refractivity contribution in [3.63, 3.8) is 0 Å². The summed E-state index contributed by atoms with van der Waals surface area (Å²) < 4.78 is 3.63. The Morgan fingerprint density at radius 2 is 2.11 bits per heavy atom. The van der Waals surface area contributed by atoms with Crippen molar-refractivity contribution in [2.45, 2.75) is 26.3 Å². The van der Waals surface area contributed by atoms with E-state index in [0.29, 0.717) is 18.9 Å². The van der Waals surface area contributed by atoms with Crippen LogP contribution in [0.25, 0.3) is 11.2 Å². The van der Waals surface area contributed by atoms with Crippen LogP contribution in [-0.4, -0.2) is 44.2 Å². The van der Waals surface area contributed by atoms with Gasteiger partial charge >= 0.3 is 0 Å². The molecule has 2 aromatic rings. The van der Waals surface area contributed by atoms with Gasteiger partial charge in [-0.25, -0.2) is 4.98 Å². The van der Waals surface area contributed by atoms with Crippen molar-refractivity contribution in [3.8, 4) is 0 Å². The lowest BCUT2D eigenvalue weighted by molar-refractivity contribution is -0.128. The van der Waals surface area contributed by atoms with E-state index in [1.807, 2.05) is 18.5 Å². The fourth-order valence-electron chi connectivity index (χ4n) is 2.15. The third-order valence-corrected chi connectivity index (χ3v) is 3.20. The van der Waals surface area contributed by atoms with Gasteiger partial charge in [0.15, 0.2) is 5.65 Å². The lowest BCUT2D eigenvalue weighted by Crippen LogP contribution is -2.23. The maximum absolute atomic E-state index is 11.7. The third kappa shape index (κ3) is 2.27. The van der Waals surface area contributed by atoms with Crippen molar-refractivity contribution in [1.29, 1.82) is 0 Å². The van der Waals surface area contributed by atoms with Gasteiger partial charge in [0.2, 0.25) is 11.9 Å².